The largest absolute Gasteiger partial charge is 0.477 e. The van der Waals surface area contributed by atoms with E-state index >= 15 is 0 Å². The topological polar surface area (TPSA) is 108 Å². The maximum Gasteiger partial charge on any atom is 0.361 e. The first-order chi connectivity index (χ1) is 35.6. The van der Waals surface area contributed by atoms with E-state index in [2.05, 4.69) is 160 Å². The van der Waals surface area contributed by atoms with Gasteiger partial charge in [-0.15, -0.1) is 0 Å². The van der Waals surface area contributed by atoms with Gasteiger partial charge in [0.15, 0.2) is 6.10 Å². The molecule has 2 unspecified atom stereocenters. The molecule has 0 aromatic heterocycles. The number of carboxylic acid groups (broad SMARTS) is 1. The van der Waals surface area contributed by atoms with Crippen LogP contribution in [0.5, 0.6) is 0 Å². The molecule has 1 N–H and O–H groups in total. The summed E-state index contributed by atoms with van der Waals surface area (Å²) in [6.07, 6.45) is 75.0. The van der Waals surface area contributed by atoms with E-state index in [1.165, 1.54) is 25.7 Å². The van der Waals surface area contributed by atoms with Crippen LogP contribution in [0, 0.1) is 0 Å². The third-order valence-electron chi connectivity index (χ3n) is 11.1. The van der Waals surface area contributed by atoms with Gasteiger partial charge in [0.2, 0.25) is 0 Å². The number of carbonyl (C=O) groups is 3. The Morgan fingerprint density at radius 3 is 1.12 bits per heavy atom. The van der Waals surface area contributed by atoms with Gasteiger partial charge in [-0.3, -0.25) is 9.59 Å². The number of likely N-dealkylation sites (N-methyl/N-ethyl adjacent to an activating group) is 1. The van der Waals surface area contributed by atoms with Gasteiger partial charge < -0.3 is 28.5 Å². The fraction of sp³-hybridized carbons (Fsp3) is 0.578. The van der Waals surface area contributed by atoms with Gasteiger partial charge in [0.25, 0.3) is 6.29 Å². The zero-order valence-corrected chi connectivity index (χ0v) is 46.5. The van der Waals surface area contributed by atoms with Gasteiger partial charge in [-0.25, -0.2) is 4.79 Å². The first kappa shape index (κ1) is 68.2. The molecule has 0 rings (SSSR count). The minimum atomic E-state index is -1.53. The fourth-order valence-corrected chi connectivity index (χ4v) is 6.84. The minimum Gasteiger partial charge on any atom is -0.477 e. The Hall–Kier alpha value is -4.83. The second-order valence-electron chi connectivity index (χ2n) is 19.1. The van der Waals surface area contributed by atoms with E-state index in [0.717, 1.165) is 116 Å². The SMILES string of the molecule is CC/C=C\C/C=C\C/C=C\C/C=C\C/C=C\C/C=C\C/C=C\C/C=C\CCCCCCCCCCC(=O)OC(COC(=O)CCCC/C=C\C/C=C\C/C=C\C/C=C\CC)COC(OCC[N+](C)(C)C)C(=O)O. The monoisotopic (exact) mass is 1010 g/mol. The van der Waals surface area contributed by atoms with Gasteiger partial charge in [0.1, 0.15) is 13.2 Å². The van der Waals surface area contributed by atoms with Crippen molar-refractivity contribution in [2.24, 2.45) is 0 Å². The zero-order valence-electron chi connectivity index (χ0n) is 46.5. The van der Waals surface area contributed by atoms with Crippen molar-refractivity contribution in [3.05, 3.63) is 146 Å². The fourth-order valence-electron chi connectivity index (χ4n) is 6.84. The van der Waals surface area contributed by atoms with Crippen LogP contribution >= 0.6 is 0 Å². The van der Waals surface area contributed by atoms with Gasteiger partial charge >= 0.3 is 17.9 Å². The van der Waals surface area contributed by atoms with Crippen LogP contribution in [0.4, 0.5) is 0 Å². The summed E-state index contributed by atoms with van der Waals surface area (Å²) < 4.78 is 22.8. The van der Waals surface area contributed by atoms with Gasteiger partial charge in [-0.1, -0.05) is 198 Å². The molecule has 0 aliphatic rings. The lowest BCUT2D eigenvalue weighted by Crippen LogP contribution is -2.40. The van der Waals surface area contributed by atoms with Crippen LogP contribution in [-0.2, 0) is 33.3 Å². The highest BCUT2D eigenvalue weighted by molar-refractivity contribution is 5.71. The second kappa shape index (κ2) is 53.5. The number of rotatable bonds is 49. The minimum absolute atomic E-state index is 0.171. The Labute approximate surface area is 445 Å². The summed E-state index contributed by atoms with van der Waals surface area (Å²) in [7, 11) is 5.93. The first-order valence-corrected chi connectivity index (χ1v) is 28.0. The molecular formula is C64H102NO8+. The zero-order chi connectivity index (χ0) is 53.4. The Balaban J connectivity index is 4.31. The average molecular weight is 1010 g/mol. The lowest BCUT2D eigenvalue weighted by atomic mass is 10.1. The number of hydrogen-bond donors (Lipinski definition) is 1. The Kier molecular flexibility index (Phi) is 49.9. The molecule has 0 saturated carbocycles. The highest BCUT2D eigenvalue weighted by atomic mass is 16.7. The van der Waals surface area contributed by atoms with Crippen molar-refractivity contribution < 1.29 is 42.9 Å². The van der Waals surface area contributed by atoms with Gasteiger partial charge in [0, 0.05) is 12.8 Å². The van der Waals surface area contributed by atoms with Crippen molar-refractivity contribution >= 4 is 17.9 Å². The molecule has 73 heavy (non-hydrogen) atoms. The number of esters is 2. The third kappa shape index (κ3) is 54.8. The van der Waals surface area contributed by atoms with E-state index in [0.29, 0.717) is 23.9 Å². The van der Waals surface area contributed by atoms with Crippen molar-refractivity contribution in [2.45, 2.75) is 193 Å². The van der Waals surface area contributed by atoms with E-state index in [1.54, 1.807) is 0 Å². The maximum absolute atomic E-state index is 12.9. The quantitative estimate of drug-likeness (QED) is 0.0211. The standard InChI is InChI=1S/C64H101NO8/c1-6-8-10-12-14-16-18-20-22-23-24-25-26-27-28-29-30-31-32-33-34-35-36-37-38-39-41-43-45-47-49-51-53-55-62(67)73-60(59-72-64(63(68)69)70-57-56-65(3,4)5)58-71-61(66)54-52-50-48-46-44-42-40-21-19-17-15-13-11-9-7-2/h8-11,14-17,20-22,24-25,27-28,30-31,33-34,36-37,40,44,46,60,64H,6-7,12-13,18-19,23,26,29,32,35,38-39,41-43,45,47-59H2,1-5H3/p+1/b10-8-,11-9-,16-14-,17-15-,22-20-,25-24-,28-27-,31-30-,34-33-,37-36-,40-21-,46-44-. The van der Waals surface area contributed by atoms with Crippen LogP contribution in [0.3, 0.4) is 0 Å². The molecule has 2 atom stereocenters. The van der Waals surface area contributed by atoms with E-state index in [1.807, 2.05) is 21.1 Å². The van der Waals surface area contributed by atoms with Gasteiger partial charge in [0.05, 0.1) is 34.4 Å². The van der Waals surface area contributed by atoms with Crippen LogP contribution in [0.25, 0.3) is 0 Å². The number of nitrogens with zero attached hydrogens (tertiary/aromatic N) is 1. The highest BCUT2D eigenvalue weighted by Crippen LogP contribution is 2.13. The first-order valence-electron chi connectivity index (χ1n) is 28.0. The second-order valence-corrected chi connectivity index (χ2v) is 19.1. The Bertz CT molecular complexity index is 1700. The summed E-state index contributed by atoms with van der Waals surface area (Å²) in [6, 6.07) is 0. The van der Waals surface area contributed by atoms with Gasteiger partial charge in [-0.05, 0) is 116 Å². The van der Waals surface area contributed by atoms with Crippen LogP contribution in [0.2, 0.25) is 0 Å². The molecule has 0 aromatic rings. The molecular weight excluding hydrogens is 911 g/mol. The number of allylic oxidation sites excluding steroid dienone is 24. The molecule has 0 heterocycles. The van der Waals surface area contributed by atoms with Crippen molar-refractivity contribution in [1.29, 1.82) is 0 Å². The molecule has 0 saturated heterocycles. The summed E-state index contributed by atoms with van der Waals surface area (Å²) >= 11 is 0. The molecule has 9 nitrogen and oxygen atoms in total. The Morgan fingerprint density at radius 2 is 0.740 bits per heavy atom. The number of quaternary nitrogens is 1. The molecule has 0 bridgehead atoms. The molecule has 9 heteroatoms. The molecule has 0 aromatic carbocycles. The molecule has 0 aliphatic heterocycles. The smallest absolute Gasteiger partial charge is 0.361 e. The van der Waals surface area contributed by atoms with Crippen molar-refractivity contribution in [3.63, 3.8) is 0 Å². The van der Waals surface area contributed by atoms with Crippen LogP contribution in [-0.4, -0.2) is 87.4 Å². The molecule has 0 aliphatic carbocycles. The summed E-state index contributed by atoms with van der Waals surface area (Å²) in [5.41, 5.74) is 0. The number of carbonyl (C=O) groups excluding carboxylic acids is 2. The summed E-state index contributed by atoms with van der Waals surface area (Å²) in [5, 5.41) is 9.68. The van der Waals surface area contributed by atoms with E-state index in [9.17, 15) is 19.5 Å². The number of aliphatic carboxylic acids is 1. The summed E-state index contributed by atoms with van der Waals surface area (Å²) in [6.45, 7) is 4.55. The third-order valence-corrected chi connectivity index (χ3v) is 11.1. The predicted molar refractivity (Wildman–Crippen MR) is 308 cm³/mol. The normalized spacial score (nSPS) is 13.9. The number of hydrogen-bond acceptors (Lipinski definition) is 7. The van der Waals surface area contributed by atoms with E-state index in [4.69, 9.17) is 18.9 Å². The molecule has 410 valence electrons. The summed E-state index contributed by atoms with van der Waals surface area (Å²) in [4.78, 5) is 37.3. The predicted octanol–water partition coefficient (Wildman–Crippen LogP) is 16.4. The lowest BCUT2D eigenvalue weighted by Gasteiger charge is -2.25. The maximum atomic E-state index is 12.9. The van der Waals surface area contributed by atoms with Crippen molar-refractivity contribution in [3.8, 4) is 0 Å². The highest BCUT2D eigenvalue weighted by Gasteiger charge is 2.25. The number of ether oxygens (including phenoxy) is 4. The number of carboxylic acids is 1. The van der Waals surface area contributed by atoms with Crippen LogP contribution in [0.15, 0.2) is 146 Å². The van der Waals surface area contributed by atoms with Crippen LogP contribution < -0.4 is 0 Å². The van der Waals surface area contributed by atoms with Crippen LogP contribution in [0.1, 0.15) is 181 Å². The molecule has 0 amide bonds. The molecule has 0 spiro atoms. The number of unbranched alkanes of at least 4 members (excludes halogenated alkanes) is 10. The van der Waals surface area contributed by atoms with Gasteiger partial charge in [-0.2, -0.15) is 0 Å². The van der Waals surface area contributed by atoms with E-state index in [-0.39, 0.29) is 32.7 Å². The molecule has 0 fully saturated rings. The summed E-state index contributed by atoms with van der Waals surface area (Å²) in [5.74, 6) is -2.09. The Morgan fingerprint density at radius 1 is 0.411 bits per heavy atom. The van der Waals surface area contributed by atoms with Crippen molar-refractivity contribution in [2.75, 3.05) is 47.5 Å². The van der Waals surface area contributed by atoms with Crippen molar-refractivity contribution in [1.82, 2.24) is 0 Å². The van der Waals surface area contributed by atoms with E-state index < -0.39 is 30.3 Å². The molecule has 0 radical (unpaired) electrons. The lowest BCUT2D eigenvalue weighted by molar-refractivity contribution is -0.870. The average Bonchev–Trinajstić information content (AvgIpc) is 3.36.